The number of carbonyl (C=O) groups excluding carboxylic acids is 1. The first-order chi connectivity index (χ1) is 9.89. The van der Waals surface area contributed by atoms with Crippen LogP contribution in [0.3, 0.4) is 0 Å². The lowest BCUT2D eigenvalue weighted by molar-refractivity contribution is 0.104. The van der Waals surface area contributed by atoms with E-state index in [4.69, 9.17) is 5.73 Å². The monoisotopic (exact) mass is 301 g/mol. The van der Waals surface area contributed by atoms with Crippen molar-refractivity contribution >= 4 is 27.4 Å². The van der Waals surface area contributed by atoms with Crippen LogP contribution in [0, 0.1) is 0 Å². The number of rotatable bonds is 4. The lowest BCUT2D eigenvalue weighted by Crippen LogP contribution is -2.03. The van der Waals surface area contributed by atoms with Gasteiger partial charge in [-0.15, -0.1) is 0 Å². The van der Waals surface area contributed by atoms with E-state index in [9.17, 15) is 13.2 Å². The molecule has 0 aliphatic heterocycles. The van der Waals surface area contributed by atoms with E-state index in [0.29, 0.717) is 11.1 Å². The zero-order valence-corrected chi connectivity index (χ0v) is 12.3. The van der Waals surface area contributed by atoms with E-state index in [2.05, 4.69) is 0 Å². The Bertz CT molecular complexity index is 794. The van der Waals surface area contributed by atoms with Gasteiger partial charge >= 0.3 is 0 Å². The molecule has 0 radical (unpaired) electrons. The second-order valence-corrected chi connectivity index (χ2v) is 6.58. The normalized spacial score (nSPS) is 11.7. The first-order valence-corrected chi connectivity index (χ1v) is 8.15. The Morgan fingerprint density at radius 3 is 2.33 bits per heavy atom. The summed E-state index contributed by atoms with van der Waals surface area (Å²) in [4.78, 5) is 12.0. The molecule has 2 N–H and O–H groups in total. The largest absolute Gasteiger partial charge is 0.397 e. The summed E-state index contributed by atoms with van der Waals surface area (Å²) in [6.07, 6.45) is 4.01. The molecular weight excluding hydrogens is 286 g/mol. The minimum Gasteiger partial charge on any atom is -0.397 e. The van der Waals surface area contributed by atoms with Gasteiger partial charge in [0.2, 0.25) is 0 Å². The van der Waals surface area contributed by atoms with Gasteiger partial charge in [-0.1, -0.05) is 42.5 Å². The molecule has 0 spiro atoms. The van der Waals surface area contributed by atoms with Crippen LogP contribution < -0.4 is 5.73 Å². The third kappa shape index (κ3) is 3.58. The van der Waals surface area contributed by atoms with Crippen molar-refractivity contribution in [2.45, 2.75) is 4.90 Å². The molecule has 2 aromatic rings. The highest BCUT2D eigenvalue weighted by Crippen LogP contribution is 2.23. The second-order valence-electron chi connectivity index (χ2n) is 4.59. The zero-order valence-electron chi connectivity index (χ0n) is 11.5. The predicted molar refractivity (Wildman–Crippen MR) is 83.8 cm³/mol. The van der Waals surface area contributed by atoms with Gasteiger partial charge in [-0.05, 0) is 23.8 Å². The number of allylic oxidation sites excluding steroid dienone is 1. The van der Waals surface area contributed by atoms with Crippen molar-refractivity contribution in [1.82, 2.24) is 0 Å². The quantitative estimate of drug-likeness (QED) is 0.535. The average Bonchev–Trinajstić information content (AvgIpc) is 2.45. The molecule has 2 rings (SSSR count). The van der Waals surface area contributed by atoms with Crippen LogP contribution in [0.5, 0.6) is 0 Å². The van der Waals surface area contributed by atoms with E-state index in [1.807, 2.05) is 6.07 Å². The summed E-state index contributed by atoms with van der Waals surface area (Å²) in [5, 5.41) is 0. The number of ketones is 1. The van der Waals surface area contributed by atoms with Crippen molar-refractivity contribution in [1.29, 1.82) is 0 Å². The molecule has 0 atom stereocenters. The van der Waals surface area contributed by atoms with Crippen LogP contribution in [-0.2, 0) is 9.84 Å². The maximum absolute atomic E-state index is 12.0. The first-order valence-electron chi connectivity index (χ1n) is 6.25. The summed E-state index contributed by atoms with van der Waals surface area (Å²) >= 11 is 0. The molecule has 0 amide bonds. The fraction of sp³-hybridized carbons (Fsp3) is 0.0625. The van der Waals surface area contributed by atoms with Crippen LogP contribution in [0.2, 0.25) is 0 Å². The van der Waals surface area contributed by atoms with E-state index < -0.39 is 9.84 Å². The van der Waals surface area contributed by atoms with E-state index in [1.165, 1.54) is 18.2 Å². The van der Waals surface area contributed by atoms with Gasteiger partial charge < -0.3 is 5.73 Å². The Balaban J connectivity index is 2.33. The lowest BCUT2D eigenvalue weighted by Gasteiger charge is -2.06. The van der Waals surface area contributed by atoms with Crippen LogP contribution in [0.15, 0.2) is 59.5 Å². The molecule has 21 heavy (non-hydrogen) atoms. The molecule has 5 heteroatoms. The van der Waals surface area contributed by atoms with Crippen LogP contribution in [0.1, 0.15) is 15.9 Å². The van der Waals surface area contributed by atoms with E-state index in [0.717, 1.165) is 6.26 Å². The minimum atomic E-state index is -3.39. The number of carbonyl (C=O) groups is 1. The molecule has 0 saturated heterocycles. The molecule has 108 valence electrons. The molecule has 0 aromatic heterocycles. The van der Waals surface area contributed by atoms with Gasteiger partial charge in [-0.2, -0.15) is 0 Å². The molecular formula is C16H15NO3S. The number of sulfone groups is 1. The summed E-state index contributed by atoms with van der Waals surface area (Å²) < 4.78 is 23.2. The van der Waals surface area contributed by atoms with Gasteiger partial charge in [-0.25, -0.2) is 8.42 Å². The molecule has 0 saturated carbocycles. The highest BCUT2D eigenvalue weighted by Gasteiger charge is 2.13. The predicted octanol–water partition coefficient (Wildman–Crippen LogP) is 2.57. The van der Waals surface area contributed by atoms with Gasteiger partial charge in [0.1, 0.15) is 0 Å². The third-order valence-corrected chi connectivity index (χ3v) is 4.13. The van der Waals surface area contributed by atoms with Crippen LogP contribution >= 0.6 is 0 Å². The highest BCUT2D eigenvalue weighted by atomic mass is 32.2. The maximum atomic E-state index is 12.0. The van der Waals surface area contributed by atoms with E-state index >= 15 is 0 Å². The van der Waals surface area contributed by atoms with E-state index in [-0.39, 0.29) is 16.4 Å². The van der Waals surface area contributed by atoms with Crippen molar-refractivity contribution in [3.05, 3.63) is 65.7 Å². The van der Waals surface area contributed by atoms with Crippen LogP contribution in [0.4, 0.5) is 5.69 Å². The Labute approximate surface area is 123 Å². The zero-order chi connectivity index (χ0) is 15.5. The van der Waals surface area contributed by atoms with Gasteiger partial charge in [-0.3, -0.25) is 4.79 Å². The molecule has 0 bridgehead atoms. The minimum absolute atomic E-state index is 0.0665. The molecule has 0 aliphatic carbocycles. The average molecular weight is 301 g/mol. The number of anilines is 1. The SMILES string of the molecule is CS(=O)(=O)c1cccc(C=CC(=O)c2ccccc2)c1N. The molecule has 0 fully saturated rings. The van der Waals surface area contributed by atoms with E-state index in [1.54, 1.807) is 36.4 Å². The molecule has 0 unspecified atom stereocenters. The van der Waals surface area contributed by atoms with Crippen molar-refractivity contribution in [3.8, 4) is 0 Å². The lowest BCUT2D eigenvalue weighted by atomic mass is 10.1. The Kier molecular flexibility index (Phi) is 4.23. The van der Waals surface area contributed by atoms with Crippen molar-refractivity contribution in [3.63, 3.8) is 0 Å². The number of para-hydroxylation sites is 1. The number of hydrogen-bond acceptors (Lipinski definition) is 4. The van der Waals surface area contributed by atoms with Gasteiger partial charge in [0.15, 0.2) is 15.6 Å². The molecule has 0 heterocycles. The van der Waals surface area contributed by atoms with Crippen molar-refractivity contribution in [2.24, 2.45) is 0 Å². The Morgan fingerprint density at radius 2 is 1.71 bits per heavy atom. The standard InChI is InChI=1S/C16H15NO3S/c1-21(19,20)15-9-5-8-13(16(15)17)10-11-14(18)12-6-3-2-4-7-12/h2-11H,17H2,1H3. The smallest absolute Gasteiger partial charge is 0.185 e. The molecule has 4 nitrogen and oxygen atoms in total. The fourth-order valence-corrected chi connectivity index (χ4v) is 2.74. The Hall–Kier alpha value is -2.40. The van der Waals surface area contributed by atoms with Crippen LogP contribution in [0.25, 0.3) is 6.08 Å². The first kappa shape index (κ1) is 15.0. The van der Waals surface area contributed by atoms with Crippen molar-refractivity contribution < 1.29 is 13.2 Å². The summed E-state index contributed by atoms with van der Waals surface area (Å²) in [6, 6.07) is 13.5. The number of hydrogen-bond donors (Lipinski definition) is 1. The van der Waals surface area contributed by atoms with Crippen LogP contribution in [-0.4, -0.2) is 20.5 Å². The highest BCUT2D eigenvalue weighted by molar-refractivity contribution is 7.90. The van der Waals surface area contributed by atoms with Gasteiger partial charge in [0.05, 0.1) is 10.6 Å². The summed E-state index contributed by atoms with van der Waals surface area (Å²) in [5.74, 6) is -0.167. The van der Waals surface area contributed by atoms with Gasteiger partial charge in [0.25, 0.3) is 0 Å². The maximum Gasteiger partial charge on any atom is 0.185 e. The topological polar surface area (TPSA) is 77.2 Å². The van der Waals surface area contributed by atoms with Gasteiger partial charge in [0, 0.05) is 11.8 Å². The number of nitrogen functional groups attached to an aromatic ring is 1. The Morgan fingerprint density at radius 1 is 1.05 bits per heavy atom. The summed E-state index contributed by atoms with van der Waals surface area (Å²) in [6.45, 7) is 0. The molecule has 0 aliphatic rings. The summed E-state index contributed by atoms with van der Waals surface area (Å²) in [7, 11) is -3.39. The summed E-state index contributed by atoms with van der Waals surface area (Å²) in [5.41, 5.74) is 7.07. The number of nitrogens with two attached hydrogens (primary N) is 1. The van der Waals surface area contributed by atoms with Crippen molar-refractivity contribution in [2.75, 3.05) is 12.0 Å². The number of benzene rings is 2. The second kappa shape index (κ2) is 5.93. The third-order valence-electron chi connectivity index (χ3n) is 2.97. The fourth-order valence-electron chi connectivity index (χ4n) is 1.89. The molecule has 2 aromatic carbocycles.